The molecule has 8 heteroatoms. The van der Waals surface area contributed by atoms with Gasteiger partial charge in [0.05, 0.1) is 11.5 Å². The van der Waals surface area contributed by atoms with E-state index in [1.165, 1.54) is 36.0 Å². The van der Waals surface area contributed by atoms with Crippen molar-refractivity contribution in [3.63, 3.8) is 0 Å². The van der Waals surface area contributed by atoms with Gasteiger partial charge in [-0.05, 0) is 29.8 Å². The van der Waals surface area contributed by atoms with Crippen molar-refractivity contribution in [2.45, 2.75) is 5.75 Å². The first-order valence-electron chi connectivity index (χ1n) is 7.52. The maximum absolute atomic E-state index is 12.6. The van der Waals surface area contributed by atoms with Crippen LogP contribution in [-0.2, 0) is 5.75 Å². The van der Waals surface area contributed by atoms with Crippen LogP contribution in [0.25, 0.3) is 0 Å². The third kappa shape index (κ3) is 4.18. The highest BCUT2D eigenvalue weighted by Crippen LogP contribution is 2.23. The molecule has 1 amide bonds. The second kappa shape index (κ2) is 7.67. The van der Waals surface area contributed by atoms with Crippen LogP contribution in [0.1, 0.15) is 15.9 Å². The number of benzene rings is 2. The number of hydrogen-bond acceptors (Lipinski definition) is 5. The molecule has 1 aliphatic rings. The Kier molecular flexibility index (Phi) is 5.35. The largest absolute Gasteiger partial charge is 0.286 e. The van der Waals surface area contributed by atoms with Crippen LogP contribution in [0.2, 0.25) is 5.02 Å². The molecule has 2 aromatic rings. The molecule has 0 fully saturated rings. The van der Waals surface area contributed by atoms with Gasteiger partial charge in [0.25, 0.3) is 11.6 Å². The Morgan fingerprint density at radius 1 is 1.20 bits per heavy atom. The van der Waals surface area contributed by atoms with Gasteiger partial charge in [-0.25, -0.2) is 0 Å². The quantitative estimate of drug-likeness (QED) is 0.598. The number of aliphatic imine (C=N–C) groups is 1. The average molecular weight is 376 g/mol. The summed E-state index contributed by atoms with van der Waals surface area (Å²) in [5.74, 6) is 0.481. The minimum Gasteiger partial charge on any atom is -0.286 e. The van der Waals surface area contributed by atoms with Gasteiger partial charge in [-0.2, -0.15) is 0 Å². The van der Waals surface area contributed by atoms with Gasteiger partial charge in [0.1, 0.15) is 0 Å². The second-order valence-electron chi connectivity index (χ2n) is 5.34. The molecule has 0 atom stereocenters. The zero-order valence-corrected chi connectivity index (χ0v) is 14.7. The minimum atomic E-state index is -0.487. The van der Waals surface area contributed by atoms with Crippen LogP contribution >= 0.6 is 23.4 Å². The molecule has 0 radical (unpaired) electrons. The van der Waals surface area contributed by atoms with Crippen molar-refractivity contribution in [2.24, 2.45) is 4.99 Å². The van der Waals surface area contributed by atoms with Crippen LogP contribution in [0.3, 0.4) is 0 Å². The van der Waals surface area contributed by atoms with Crippen LogP contribution in [0.4, 0.5) is 5.69 Å². The highest BCUT2D eigenvalue weighted by Gasteiger charge is 2.25. The number of nitro benzene ring substituents is 1. The van der Waals surface area contributed by atoms with E-state index in [-0.39, 0.29) is 11.6 Å². The summed E-state index contributed by atoms with van der Waals surface area (Å²) >= 11 is 7.36. The number of hydrogen-bond donors (Lipinski definition) is 0. The molecule has 2 aromatic carbocycles. The fraction of sp³-hybridized carbons (Fsp3) is 0.176. The van der Waals surface area contributed by atoms with Crippen LogP contribution in [0, 0.1) is 10.1 Å². The number of rotatable bonds is 4. The van der Waals surface area contributed by atoms with Crippen molar-refractivity contribution in [1.82, 2.24) is 4.90 Å². The minimum absolute atomic E-state index is 0.0380. The van der Waals surface area contributed by atoms with Crippen LogP contribution < -0.4 is 0 Å². The molecule has 0 bridgehead atoms. The van der Waals surface area contributed by atoms with Gasteiger partial charge in [-0.3, -0.25) is 24.8 Å². The second-order valence-corrected chi connectivity index (χ2v) is 6.72. The Morgan fingerprint density at radius 3 is 2.52 bits per heavy atom. The molecule has 0 saturated heterocycles. The summed E-state index contributed by atoms with van der Waals surface area (Å²) in [7, 11) is 0. The number of carbonyl (C=O) groups is 1. The van der Waals surface area contributed by atoms with Gasteiger partial charge in [-0.15, -0.1) is 0 Å². The monoisotopic (exact) mass is 375 g/mol. The molecule has 3 rings (SSSR count). The summed E-state index contributed by atoms with van der Waals surface area (Å²) in [6.45, 7) is 1.07. The van der Waals surface area contributed by atoms with Gasteiger partial charge in [0, 0.05) is 35.0 Å². The number of amides is 1. The number of amidine groups is 1. The molecule has 0 N–H and O–H groups in total. The van der Waals surface area contributed by atoms with Gasteiger partial charge in [0.15, 0.2) is 5.17 Å². The standard InChI is InChI=1S/C17H14ClN3O3S/c18-14-5-1-12(2-6-14)11-25-17-19-9-10-20(17)16(22)13-3-7-15(8-4-13)21(23)24/h1-8H,9-11H2. The van der Waals surface area contributed by atoms with Crippen molar-refractivity contribution in [1.29, 1.82) is 0 Å². The van der Waals surface area contributed by atoms with Crippen LogP contribution in [0.15, 0.2) is 53.5 Å². The van der Waals surface area contributed by atoms with Crippen molar-refractivity contribution < 1.29 is 9.72 Å². The molecule has 1 heterocycles. The molecule has 0 saturated carbocycles. The van der Waals surface area contributed by atoms with E-state index in [0.717, 1.165) is 5.56 Å². The zero-order chi connectivity index (χ0) is 17.8. The Morgan fingerprint density at radius 2 is 1.88 bits per heavy atom. The number of non-ortho nitro benzene ring substituents is 1. The Hall–Kier alpha value is -2.38. The first-order chi connectivity index (χ1) is 12.0. The molecule has 0 aliphatic carbocycles. The maximum Gasteiger partial charge on any atom is 0.269 e. The molecule has 0 spiro atoms. The Bertz CT molecular complexity index is 822. The van der Waals surface area contributed by atoms with Gasteiger partial charge in [-0.1, -0.05) is 35.5 Å². The van der Waals surface area contributed by atoms with E-state index in [1.807, 2.05) is 24.3 Å². The summed E-state index contributed by atoms with van der Waals surface area (Å²) < 4.78 is 0. The Balaban J connectivity index is 1.66. The molecule has 1 aliphatic heterocycles. The smallest absolute Gasteiger partial charge is 0.269 e. The number of halogens is 1. The van der Waals surface area contributed by atoms with Crippen molar-refractivity contribution in [3.05, 3.63) is 74.8 Å². The Labute approximate surface area is 153 Å². The van der Waals surface area contributed by atoms with E-state index in [0.29, 0.717) is 34.6 Å². The molecular formula is C17H14ClN3O3S. The predicted molar refractivity (Wildman–Crippen MR) is 99.2 cm³/mol. The zero-order valence-electron chi connectivity index (χ0n) is 13.1. The summed E-state index contributed by atoms with van der Waals surface area (Å²) in [6, 6.07) is 13.1. The molecule has 6 nitrogen and oxygen atoms in total. The highest BCUT2D eigenvalue weighted by atomic mass is 35.5. The van der Waals surface area contributed by atoms with E-state index < -0.39 is 4.92 Å². The van der Waals surface area contributed by atoms with Gasteiger partial charge < -0.3 is 0 Å². The number of carbonyl (C=O) groups excluding carboxylic acids is 1. The molecule has 0 aromatic heterocycles. The lowest BCUT2D eigenvalue weighted by Crippen LogP contribution is -2.32. The van der Waals surface area contributed by atoms with Crippen LogP contribution in [-0.4, -0.2) is 34.0 Å². The van der Waals surface area contributed by atoms with Crippen molar-refractivity contribution in [3.8, 4) is 0 Å². The van der Waals surface area contributed by atoms with E-state index in [1.54, 1.807) is 4.90 Å². The van der Waals surface area contributed by atoms with E-state index >= 15 is 0 Å². The fourth-order valence-electron chi connectivity index (χ4n) is 2.35. The van der Waals surface area contributed by atoms with E-state index in [2.05, 4.69) is 4.99 Å². The maximum atomic E-state index is 12.6. The topological polar surface area (TPSA) is 75.8 Å². The predicted octanol–water partition coefficient (Wildman–Crippen LogP) is 3.99. The van der Waals surface area contributed by atoms with Gasteiger partial charge >= 0.3 is 0 Å². The summed E-state index contributed by atoms with van der Waals surface area (Å²) in [6.07, 6.45) is 0. The highest BCUT2D eigenvalue weighted by molar-refractivity contribution is 8.13. The third-order valence-electron chi connectivity index (χ3n) is 3.65. The van der Waals surface area contributed by atoms with Crippen LogP contribution in [0.5, 0.6) is 0 Å². The van der Waals surface area contributed by atoms with E-state index in [4.69, 9.17) is 11.6 Å². The summed E-state index contributed by atoms with van der Waals surface area (Å²) in [4.78, 5) is 28.9. The first kappa shape index (κ1) is 17.4. The lowest BCUT2D eigenvalue weighted by molar-refractivity contribution is -0.384. The number of nitro groups is 1. The van der Waals surface area contributed by atoms with Crippen molar-refractivity contribution in [2.75, 3.05) is 13.1 Å². The number of thioether (sulfide) groups is 1. The normalized spacial score (nSPS) is 13.6. The molecular weight excluding hydrogens is 362 g/mol. The lowest BCUT2D eigenvalue weighted by atomic mass is 10.2. The first-order valence-corrected chi connectivity index (χ1v) is 8.89. The fourth-order valence-corrected chi connectivity index (χ4v) is 3.48. The SMILES string of the molecule is O=C(c1ccc([N+](=O)[O-])cc1)N1CCN=C1SCc1ccc(Cl)cc1. The summed E-state index contributed by atoms with van der Waals surface area (Å²) in [5.41, 5.74) is 1.46. The van der Waals surface area contributed by atoms with Gasteiger partial charge in [0.2, 0.25) is 0 Å². The summed E-state index contributed by atoms with van der Waals surface area (Å²) in [5, 5.41) is 12.1. The van der Waals surface area contributed by atoms with Crippen molar-refractivity contribution >= 4 is 40.1 Å². The average Bonchev–Trinajstić information content (AvgIpc) is 3.09. The molecule has 0 unspecified atom stereocenters. The lowest BCUT2D eigenvalue weighted by Gasteiger charge is -2.17. The van der Waals surface area contributed by atoms with E-state index in [9.17, 15) is 14.9 Å². The third-order valence-corrected chi connectivity index (χ3v) is 4.99. The number of nitrogens with zero attached hydrogens (tertiary/aromatic N) is 3. The molecule has 25 heavy (non-hydrogen) atoms. The molecule has 128 valence electrons.